The lowest BCUT2D eigenvalue weighted by atomic mass is 10.2. The number of nitrogens with zero attached hydrogens (tertiary/aromatic N) is 2. The number of halogens is 2. The molecule has 0 aliphatic heterocycles. The molecule has 6 heteroatoms. The van der Waals surface area contributed by atoms with Crippen LogP contribution in [-0.2, 0) is 6.54 Å². The van der Waals surface area contributed by atoms with Crippen LogP contribution in [0.3, 0.4) is 0 Å². The number of ether oxygens (including phenoxy) is 1. The van der Waals surface area contributed by atoms with Crippen LogP contribution < -0.4 is 10.5 Å². The molecule has 0 saturated carbocycles. The van der Waals surface area contributed by atoms with E-state index in [2.05, 4.69) is 25.9 Å². The van der Waals surface area contributed by atoms with Crippen LogP contribution in [-0.4, -0.2) is 9.97 Å². The highest BCUT2D eigenvalue weighted by Gasteiger charge is 2.06. The number of nitrogens with two attached hydrogens (primary N) is 1. The van der Waals surface area contributed by atoms with Crippen LogP contribution in [0.2, 0.25) is 0 Å². The molecule has 2 aromatic rings. The Morgan fingerprint density at radius 2 is 2.24 bits per heavy atom. The molecule has 1 heterocycles. The van der Waals surface area contributed by atoms with E-state index in [0.29, 0.717) is 21.7 Å². The van der Waals surface area contributed by atoms with Crippen LogP contribution in [0.1, 0.15) is 5.56 Å². The summed E-state index contributed by atoms with van der Waals surface area (Å²) in [7, 11) is 0. The Kier molecular flexibility index (Phi) is 3.65. The van der Waals surface area contributed by atoms with E-state index in [1.165, 1.54) is 12.4 Å². The summed E-state index contributed by atoms with van der Waals surface area (Å²) in [6, 6.07) is 4.50. The maximum atomic E-state index is 13.4. The Morgan fingerprint density at radius 1 is 1.41 bits per heavy atom. The van der Waals surface area contributed by atoms with E-state index in [4.69, 9.17) is 10.5 Å². The van der Waals surface area contributed by atoms with Gasteiger partial charge in [-0.2, -0.15) is 0 Å². The van der Waals surface area contributed by atoms with Crippen molar-refractivity contribution in [3.8, 4) is 11.6 Å². The van der Waals surface area contributed by atoms with Gasteiger partial charge in [-0.3, -0.25) is 0 Å². The predicted molar refractivity (Wildman–Crippen MR) is 64.1 cm³/mol. The number of aromatic nitrogens is 2. The molecule has 0 atom stereocenters. The van der Waals surface area contributed by atoms with E-state index in [0.717, 1.165) is 0 Å². The number of benzene rings is 1. The Balaban J connectivity index is 2.25. The SMILES string of the molecule is NCc1ccc(Oc2ncncc2Br)cc1F. The van der Waals surface area contributed by atoms with Crippen molar-refractivity contribution in [2.75, 3.05) is 0 Å². The third kappa shape index (κ3) is 2.78. The molecule has 0 spiro atoms. The summed E-state index contributed by atoms with van der Waals surface area (Å²) in [6.45, 7) is 0.156. The minimum absolute atomic E-state index is 0.156. The second-order valence-corrected chi connectivity index (χ2v) is 4.09. The zero-order chi connectivity index (χ0) is 12.3. The highest BCUT2D eigenvalue weighted by Crippen LogP contribution is 2.27. The van der Waals surface area contributed by atoms with E-state index in [1.54, 1.807) is 18.3 Å². The van der Waals surface area contributed by atoms with Crippen LogP contribution in [0.15, 0.2) is 35.2 Å². The molecule has 0 bridgehead atoms. The maximum absolute atomic E-state index is 13.4. The van der Waals surface area contributed by atoms with Crippen molar-refractivity contribution in [3.05, 3.63) is 46.6 Å². The van der Waals surface area contributed by atoms with Crippen molar-refractivity contribution >= 4 is 15.9 Å². The molecule has 88 valence electrons. The summed E-state index contributed by atoms with van der Waals surface area (Å²) in [4.78, 5) is 7.72. The third-order valence-electron chi connectivity index (χ3n) is 2.09. The van der Waals surface area contributed by atoms with Gasteiger partial charge in [0.1, 0.15) is 17.9 Å². The van der Waals surface area contributed by atoms with E-state index in [9.17, 15) is 4.39 Å². The van der Waals surface area contributed by atoms with Gasteiger partial charge in [0.15, 0.2) is 0 Å². The normalized spacial score (nSPS) is 10.3. The summed E-state index contributed by atoms with van der Waals surface area (Å²) in [5.41, 5.74) is 5.81. The van der Waals surface area contributed by atoms with Gasteiger partial charge in [0.2, 0.25) is 5.88 Å². The van der Waals surface area contributed by atoms with E-state index >= 15 is 0 Å². The van der Waals surface area contributed by atoms with Crippen LogP contribution in [0, 0.1) is 5.82 Å². The largest absolute Gasteiger partial charge is 0.438 e. The molecule has 0 aliphatic carbocycles. The molecule has 0 amide bonds. The molecule has 0 aliphatic rings. The van der Waals surface area contributed by atoms with Crippen LogP contribution >= 0.6 is 15.9 Å². The molecule has 4 nitrogen and oxygen atoms in total. The first-order valence-electron chi connectivity index (χ1n) is 4.82. The Hall–Kier alpha value is -1.53. The zero-order valence-electron chi connectivity index (χ0n) is 8.73. The minimum Gasteiger partial charge on any atom is -0.438 e. The summed E-state index contributed by atoms with van der Waals surface area (Å²) in [5.74, 6) is 0.300. The molecule has 0 unspecified atom stereocenters. The van der Waals surface area contributed by atoms with E-state index < -0.39 is 5.82 Å². The number of hydrogen-bond donors (Lipinski definition) is 1. The molecule has 0 saturated heterocycles. The molecule has 2 rings (SSSR count). The molecule has 1 aromatic carbocycles. The van der Waals surface area contributed by atoms with Gasteiger partial charge in [-0.25, -0.2) is 14.4 Å². The summed E-state index contributed by atoms with van der Waals surface area (Å²) >= 11 is 3.24. The average molecular weight is 298 g/mol. The second-order valence-electron chi connectivity index (χ2n) is 3.24. The average Bonchev–Trinajstić information content (AvgIpc) is 2.32. The standard InChI is InChI=1S/C11H9BrFN3O/c12-9-5-15-6-16-11(9)17-8-2-1-7(4-14)10(13)3-8/h1-3,5-6H,4,14H2. The Bertz CT molecular complexity index is 536. The second kappa shape index (κ2) is 5.20. The van der Waals surface area contributed by atoms with Crippen LogP contribution in [0.25, 0.3) is 0 Å². The van der Waals surface area contributed by atoms with Gasteiger partial charge in [-0.1, -0.05) is 6.07 Å². The maximum Gasteiger partial charge on any atom is 0.236 e. The highest BCUT2D eigenvalue weighted by molar-refractivity contribution is 9.10. The first-order chi connectivity index (χ1) is 8.20. The number of hydrogen-bond acceptors (Lipinski definition) is 4. The lowest BCUT2D eigenvalue weighted by molar-refractivity contribution is 0.452. The molecule has 2 N–H and O–H groups in total. The lowest BCUT2D eigenvalue weighted by Gasteiger charge is -2.07. The van der Waals surface area contributed by atoms with Crippen LogP contribution in [0.5, 0.6) is 11.6 Å². The van der Waals surface area contributed by atoms with Gasteiger partial charge < -0.3 is 10.5 Å². The van der Waals surface area contributed by atoms with Gasteiger partial charge >= 0.3 is 0 Å². The van der Waals surface area contributed by atoms with Crippen molar-refractivity contribution in [3.63, 3.8) is 0 Å². The van der Waals surface area contributed by atoms with Crippen molar-refractivity contribution in [1.29, 1.82) is 0 Å². The van der Waals surface area contributed by atoms with Gasteiger partial charge in [-0.05, 0) is 22.0 Å². The molecule has 0 fully saturated rings. The van der Waals surface area contributed by atoms with Gasteiger partial charge in [0.05, 0.1) is 4.47 Å². The molecular formula is C11H9BrFN3O. The van der Waals surface area contributed by atoms with E-state index in [-0.39, 0.29) is 6.54 Å². The summed E-state index contributed by atoms with van der Waals surface area (Å²) in [5, 5.41) is 0. The third-order valence-corrected chi connectivity index (χ3v) is 2.64. The summed E-state index contributed by atoms with van der Waals surface area (Å²) < 4.78 is 19.5. The molecule has 1 aromatic heterocycles. The first-order valence-corrected chi connectivity index (χ1v) is 5.62. The van der Waals surface area contributed by atoms with Crippen LogP contribution in [0.4, 0.5) is 4.39 Å². The minimum atomic E-state index is -0.393. The molecule has 17 heavy (non-hydrogen) atoms. The van der Waals surface area contributed by atoms with Crippen molar-refractivity contribution in [2.45, 2.75) is 6.54 Å². The molecular weight excluding hydrogens is 289 g/mol. The fourth-order valence-electron chi connectivity index (χ4n) is 1.25. The van der Waals surface area contributed by atoms with Gasteiger partial charge in [-0.15, -0.1) is 0 Å². The smallest absolute Gasteiger partial charge is 0.236 e. The fourth-order valence-corrected chi connectivity index (χ4v) is 1.55. The summed E-state index contributed by atoms with van der Waals surface area (Å²) in [6.07, 6.45) is 2.90. The Labute approximate surface area is 106 Å². The monoisotopic (exact) mass is 297 g/mol. The zero-order valence-corrected chi connectivity index (χ0v) is 10.3. The quantitative estimate of drug-likeness (QED) is 0.946. The topological polar surface area (TPSA) is 61.0 Å². The van der Waals surface area contributed by atoms with Gasteiger partial charge in [0.25, 0.3) is 0 Å². The Morgan fingerprint density at radius 3 is 2.88 bits per heavy atom. The van der Waals surface area contributed by atoms with Gasteiger partial charge in [0, 0.05) is 24.4 Å². The van der Waals surface area contributed by atoms with Crippen molar-refractivity contribution in [2.24, 2.45) is 5.73 Å². The lowest BCUT2D eigenvalue weighted by Crippen LogP contribution is -2.00. The predicted octanol–water partition coefficient (Wildman–Crippen LogP) is 2.63. The fraction of sp³-hybridized carbons (Fsp3) is 0.0909. The number of rotatable bonds is 3. The van der Waals surface area contributed by atoms with Crippen molar-refractivity contribution < 1.29 is 9.13 Å². The molecule has 0 radical (unpaired) electrons. The van der Waals surface area contributed by atoms with Crippen molar-refractivity contribution in [1.82, 2.24) is 9.97 Å². The highest BCUT2D eigenvalue weighted by atomic mass is 79.9. The first kappa shape index (κ1) is 11.9. The van der Waals surface area contributed by atoms with E-state index in [1.807, 2.05) is 0 Å².